The van der Waals surface area contributed by atoms with Gasteiger partial charge >= 0.3 is 6.09 Å². The summed E-state index contributed by atoms with van der Waals surface area (Å²) in [5, 5.41) is 12.4. The van der Waals surface area contributed by atoms with Crippen molar-refractivity contribution in [2.75, 3.05) is 24.9 Å². The van der Waals surface area contributed by atoms with Crippen LogP contribution in [0.5, 0.6) is 11.5 Å². The lowest BCUT2D eigenvalue weighted by molar-refractivity contribution is -0.116. The minimum Gasteiger partial charge on any atom is -0.497 e. The van der Waals surface area contributed by atoms with Crippen molar-refractivity contribution >= 4 is 35.6 Å². The number of aromatic nitrogens is 3. The Balaban J connectivity index is 1.76. The summed E-state index contributed by atoms with van der Waals surface area (Å²) >= 11 is 5.31. The number of nitrogens with zero attached hydrogens (tertiary/aromatic N) is 2. The molecule has 1 aromatic heterocycles. The number of aromatic amines is 1. The third-order valence-electron chi connectivity index (χ3n) is 4.53. The third-order valence-corrected chi connectivity index (χ3v) is 4.84. The molecule has 1 heterocycles. The topological polar surface area (TPSA) is 120 Å². The van der Waals surface area contributed by atoms with Crippen molar-refractivity contribution in [2.24, 2.45) is 0 Å². The second kappa shape index (κ2) is 10.4. The summed E-state index contributed by atoms with van der Waals surface area (Å²) in [6.45, 7) is 5.22. The molecule has 11 heteroatoms. The highest BCUT2D eigenvalue weighted by molar-refractivity contribution is 7.71. The van der Waals surface area contributed by atoms with Crippen molar-refractivity contribution in [2.45, 2.75) is 32.9 Å². The molecule has 0 spiro atoms. The first-order chi connectivity index (χ1) is 16.1. The lowest BCUT2D eigenvalue weighted by atomic mass is 10.2. The normalized spacial score (nSPS) is 11.0. The molecule has 3 rings (SSSR count). The molecule has 0 aliphatic carbocycles. The van der Waals surface area contributed by atoms with Crippen LogP contribution in [-0.4, -0.2) is 46.6 Å². The van der Waals surface area contributed by atoms with Crippen LogP contribution in [0.2, 0.25) is 0 Å². The maximum Gasteiger partial charge on any atom is 0.412 e. The highest BCUT2D eigenvalue weighted by atomic mass is 32.1. The average molecular weight is 486 g/mol. The van der Waals surface area contributed by atoms with Gasteiger partial charge in [-0.25, -0.2) is 4.79 Å². The Bertz CT molecular complexity index is 1230. The van der Waals surface area contributed by atoms with Gasteiger partial charge in [0.25, 0.3) is 0 Å². The van der Waals surface area contributed by atoms with Gasteiger partial charge in [0.05, 0.1) is 19.9 Å². The monoisotopic (exact) mass is 485 g/mol. The van der Waals surface area contributed by atoms with E-state index in [2.05, 4.69) is 20.8 Å². The molecular weight excluding hydrogens is 458 g/mol. The van der Waals surface area contributed by atoms with Crippen molar-refractivity contribution in [3.63, 3.8) is 0 Å². The van der Waals surface area contributed by atoms with Crippen LogP contribution >= 0.6 is 12.2 Å². The highest BCUT2D eigenvalue weighted by Crippen LogP contribution is 2.28. The fraction of sp³-hybridized carbons (Fsp3) is 0.304. The lowest BCUT2D eigenvalue weighted by Gasteiger charge is -2.20. The molecule has 34 heavy (non-hydrogen) atoms. The number of hydrogen-bond acceptors (Lipinski definition) is 7. The second-order valence-electron chi connectivity index (χ2n) is 8.26. The van der Waals surface area contributed by atoms with Gasteiger partial charge in [-0.15, -0.1) is 0 Å². The zero-order valence-electron chi connectivity index (χ0n) is 19.6. The van der Waals surface area contributed by atoms with Gasteiger partial charge in [-0.2, -0.15) is 5.10 Å². The van der Waals surface area contributed by atoms with Gasteiger partial charge in [0.1, 0.15) is 23.6 Å². The second-order valence-corrected chi connectivity index (χ2v) is 8.64. The molecular formula is C23H27N5O5S. The van der Waals surface area contributed by atoms with Crippen molar-refractivity contribution in [1.82, 2.24) is 14.8 Å². The molecule has 2 amide bonds. The lowest BCUT2D eigenvalue weighted by Crippen LogP contribution is -2.27. The van der Waals surface area contributed by atoms with E-state index in [-0.39, 0.29) is 12.5 Å². The highest BCUT2D eigenvalue weighted by Gasteiger charge is 2.18. The van der Waals surface area contributed by atoms with Crippen LogP contribution in [0.4, 0.5) is 16.2 Å². The predicted octanol–water partition coefficient (Wildman–Crippen LogP) is 4.61. The Labute approximate surface area is 202 Å². The molecule has 0 atom stereocenters. The molecule has 0 fully saturated rings. The smallest absolute Gasteiger partial charge is 0.412 e. The van der Waals surface area contributed by atoms with E-state index in [9.17, 15) is 9.59 Å². The molecule has 180 valence electrons. The summed E-state index contributed by atoms with van der Waals surface area (Å²) in [6, 6.07) is 12.1. The van der Waals surface area contributed by atoms with Gasteiger partial charge in [0.15, 0.2) is 10.6 Å². The van der Waals surface area contributed by atoms with E-state index in [1.54, 1.807) is 62.8 Å². The predicted molar refractivity (Wildman–Crippen MR) is 131 cm³/mol. The number of methoxy groups -OCH3 is 2. The fourth-order valence-corrected chi connectivity index (χ4v) is 3.26. The molecule has 3 N–H and O–H groups in total. The average Bonchev–Trinajstić information content (AvgIpc) is 3.12. The Morgan fingerprint density at radius 2 is 1.76 bits per heavy atom. The summed E-state index contributed by atoms with van der Waals surface area (Å²) in [6.07, 6.45) is -0.636. The molecule has 0 aliphatic rings. The van der Waals surface area contributed by atoms with Gasteiger partial charge in [0.2, 0.25) is 5.91 Å². The number of anilines is 2. The van der Waals surface area contributed by atoms with Crippen molar-refractivity contribution < 1.29 is 23.8 Å². The Kier molecular flexibility index (Phi) is 7.57. The third kappa shape index (κ3) is 6.35. The Hall–Kier alpha value is -3.86. The van der Waals surface area contributed by atoms with Crippen molar-refractivity contribution in [1.29, 1.82) is 0 Å². The SMILES string of the molecule is COc1ccc(-c2n[nH]c(=S)n2CC(=O)Nc2ccc(OC)c(NC(=O)OC(C)(C)C)c2)cc1. The number of benzene rings is 2. The first-order valence-corrected chi connectivity index (χ1v) is 10.8. The maximum absolute atomic E-state index is 12.8. The van der Waals surface area contributed by atoms with Gasteiger partial charge in [-0.3, -0.25) is 19.8 Å². The molecule has 0 unspecified atom stereocenters. The summed E-state index contributed by atoms with van der Waals surface area (Å²) in [5.74, 6) is 1.31. The van der Waals surface area contributed by atoms with Crippen LogP contribution in [0, 0.1) is 4.77 Å². The van der Waals surface area contributed by atoms with Crippen molar-refractivity contribution in [3.05, 3.63) is 47.2 Å². The first kappa shape index (κ1) is 24.8. The number of nitrogens with one attached hydrogen (secondary N) is 3. The zero-order valence-corrected chi connectivity index (χ0v) is 20.4. The summed E-state index contributed by atoms with van der Waals surface area (Å²) in [7, 11) is 3.07. The van der Waals surface area contributed by atoms with Crippen LogP contribution in [0.3, 0.4) is 0 Å². The number of carbonyl (C=O) groups is 2. The number of hydrogen-bond donors (Lipinski definition) is 3. The van der Waals surface area contributed by atoms with Gasteiger partial charge in [0, 0.05) is 11.3 Å². The standard InChI is InChI=1S/C23H27N5O5S/c1-23(2,3)33-22(30)25-17-12-15(8-11-18(17)32-5)24-19(29)13-28-20(26-27-21(28)34)14-6-9-16(31-4)10-7-14/h6-12H,13H2,1-5H3,(H,24,29)(H,25,30)(H,27,34). The number of ether oxygens (including phenoxy) is 3. The van der Waals surface area contributed by atoms with Crippen LogP contribution in [-0.2, 0) is 16.1 Å². The molecule has 0 saturated carbocycles. The number of carbonyl (C=O) groups excluding carboxylic acids is 2. The van der Waals surface area contributed by atoms with Crippen LogP contribution in [0.1, 0.15) is 20.8 Å². The van der Waals surface area contributed by atoms with Crippen LogP contribution in [0.15, 0.2) is 42.5 Å². The number of rotatable bonds is 7. The quantitative estimate of drug-likeness (QED) is 0.418. The van der Waals surface area contributed by atoms with E-state index in [1.165, 1.54) is 7.11 Å². The molecule has 0 radical (unpaired) electrons. The minimum atomic E-state index is -0.658. The van der Waals surface area contributed by atoms with Crippen LogP contribution in [0.25, 0.3) is 11.4 Å². The van der Waals surface area contributed by atoms with Crippen LogP contribution < -0.4 is 20.1 Å². The van der Waals surface area contributed by atoms with E-state index in [0.29, 0.717) is 33.5 Å². The zero-order chi connectivity index (χ0) is 24.9. The van der Waals surface area contributed by atoms with Gasteiger partial charge < -0.3 is 19.5 Å². The number of H-pyrrole nitrogens is 1. The number of amides is 2. The largest absolute Gasteiger partial charge is 0.497 e. The van der Waals surface area contributed by atoms with E-state index in [1.807, 2.05) is 12.1 Å². The van der Waals surface area contributed by atoms with E-state index >= 15 is 0 Å². The minimum absolute atomic E-state index is 0.0719. The molecule has 3 aromatic rings. The molecule has 0 saturated heterocycles. The van der Waals surface area contributed by atoms with Crippen molar-refractivity contribution in [3.8, 4) is 22.9 Å². The molecule has 0 aliphatic heterocycles. The first-order valence-electron chi connectivity index (χ1n) is 10.4. The van der Waals surface area contributed by atoms with Gasteiger partial charge in [-0.05, 0) is 75.5 Å². The Morgan fingerprint density at radius 1 is 1.06 bits per heavy atom. The van der Waals surface area contributed by atoms with E-state index in [4.69, 9.17) is 26.4 Å². The molecule has 0 bridgehead atoms. The fourth-order valence-electron chi connectivity index (χ4n) is 3.07. The summed E-state index contributed by atoms with van der Waals surface area (Å²) < 4.78 is 17.7. The summed E-state index contributed by atoms with van der Waals surface area (Å²) in [5.41, 5.74) is 0.926. The van der Waals surface area contributed by atoms with E-state index in [0.717, 1.165) is 5.56 Å². The molecule has 10 nitrogen and oxygen atoms in total. The summed E-state index contributed by atoms with van der Waals surface area (Å²) in [4.78, 5) is 25.0. The maximum atomic E-state index is 12.8. The Morgan fingerprint density at radius 3 is 2.38 bits per heavy atom. The molecule has 2 aromatic carbocycles. The van der Waals surface area contributed by atoms with Gasteiger partial charge in [-0.1, -0.05) is 0 Å². The van der Waals surface area contributed by atoms with E-state index < -0.39 is 11.7 Å².